The lowest BCUT2D eigenvalue weighted by Crippen LogP contribution is -2.20. The normalized spacial score (nSPS) is 13.2. The van der Waals surface area contributed by atoms with Gasteiger partial charge in [-0.15, -0.1) is 0 Å². The van der Waals surface area contributed by atoms with Gasteiger partial charge in [0.1, 0.15) is 6.26 Å². The van der Waals surface area contributed by atoms with Crippen molar-refractivity contribution >= 4 is 17.3 Å². The maximum atomic E-state index is 12.3. The molecular formula is C14H8O4. The largest absolute Gasteiger partial charge is 0.459 e. The third-order valence-corrected chi connectivity index (χ3v) is 3.02. The highest BCUT2D eigenvalue weighted by Gasteiger charge is 2.35. The van der Waals surface area contributed by atoms with E-state index >= 15 is 0 Å². The van der Waals surface area contributed by atoms with Crippen molar-refractivity contribution in [1.82, 2.24) is 0 Å². The molecule has 0 fully saturated rings. The Morgan fingerprint density at radius 2 is 1.67 bits per heavy atom. The third-order valence-electron chi connectivity index (χ3n) is 3.02. The van der Waals surface area contributed by atoms with Crippen molar-refractivity contribution in [3.8, 4) is 0 Å². The molecule has 0 unspecified atom stereocenters. The number of ketones is 3. The first-order valence-corrected chi connectivity index (χ1v) is 5.42. The number of Topliss-reactive ketones (excluding diaryl/α,β-unsaturated/α-hetero) is 1. The Morgan fingerprint density at radius 3 is 2.28 bits per heavy atom. The minimum atomic E-state index is -0.354. The molecular weight excluding hydrogens is 232 g/mol. The lowest BCUT2D eigenvalue weighted by molar-refractivity contribution is 0.0957. The van der Waals surface area contributed by atoms with E-state index in [1.807, 2.05) is 0 Å². The first kappa shape index (κ1) is 10.7. The summed E-state index contributed by atoms with van der Waals surface area (Å²) in [6, 6.07) is 6.52. The molecule has 1 aliphatic carbocycles. The maximum absolute atomic E-state index is 12.3. The van der Waals surface area contributed by atoms with E-state index in [1.54, 1.807) is 24.3 Å². The molecule has 1 aromatic heterocycles. The number of carbonyl (C=O) groups is 3. The van der Waals surface area contributed by atoms with Gasteiger partial charge in [0.05, 0.1) is 11.1 Å². The van der Waals surface area contributed by atoms with Gasteiger partial charge in [-0.25, -0.2) is 0 Å². The number of fused-ring (bicyclic) bond motifs is 2. The molecule has 0 radical (unpaired) electrons. The van der Waals surface area contributed by atoms with E-state index in [0.717, 1.165) is 0 Å². The minimum absolute atomic E-state index is 0.0381. The molecule has 1 aromatic carbocycles. The monoisotopic (exact) mass is 240 g/mol. The molecule has 0 N–H and O–H groups in total. The van der Waals surface area contributed by atoms with Gasteiger partial charge in [-0.3, -0.25) is 14.4 Å². The third kappa shape index (κ3) is 1.23. The Bertz CT molecular complexity index is 706. The molecule has 0 spiro atoms. The molecule has 4 heteroatoms. The zero-order valence-electron chi connectivity index (χ0n) is 9.52. The van der Waals surface area contributed by atoms with Crippen LogP contribution in [0.4, 0.5) is 0 Å². The Kier molecular flexibility index (Phi) is 2.07. The number of benzene rings is 1. The fourth-order valence-electron chi connectivity index (χ4n) is 2.15. The van der Waals surface area contributed by atoms with E-state index in [-0.39, 0.29) is 34.2 Å². The molecule has 0 aliphatic heterocycles. The second-order valence-electron chi connectivity index (χ2n) is 4.11. The van der Waals surface area contributed by atoms with E-state index in [9.17, 15) is 14.4 Å². The van der Waals surface area contributed by atoms with Crippen LogP contribution in [0.1, 0.15) is 49.3 Å². The highest BCUT2D eigenvalue weighted by atomic mass is 16.3. The van der Waals surface area contributed by atoms with Gasteiger partial charge >= 0.3 is 0 Å². The summed E-state index contributed by atoms with van der Waals surface area (Å²) in [6.07, 6.45) is 1.18. The van der Waals surface area contributed by atoms with Gasteiger partial charge < -0.3 is 4.42 Å². The van der Waals surface area contributed by atoms with Crippen molar-refractivity contribution in [2.24, 2.45) is 0 Å². The molecule has 0 bridgehead atoms. The van der Waals surface area contributed by atoms with Gasteiger partial charge in [-0.1, -0.05) is 24.3 Å². The van der Waals surface area contributed by atoms with Crippen molar-refractivity contribution in [1.29, 1.82) is 0 Å². The first-order valence-electron chi connectivity index (χ1n) is 5.42. The molecule has 88 valence electrons. The van der Waals surface area contributed by atoms with Crippen LogP contribution in [-0.4, -0.2) is 17.3 Å². The fourth-order valence-corrected chi connectivity index (χ4v) is 2.15. The predicted molar refractivity (Wildman–Crippen MR) is 62.0 cm³/mol. The molecule has 0 amide bonds. The highest BCUT2D eigenvalue weighted by molar-refractivity contribution is 6.29. The number of furan rings is 1. The van der Waals surface area contributed by atoms with Crippen LogP contribution in [0.3, 0.4) is 0 Å². The second-order valence-corrected chi connectivity index (χ2v) is 4.11. The summed E-state index contributed by atoms with van der Waals surface area (Å²) in [5, 5.41) is 0. The van der Waals surface area contributed by atoms with Crippen LogP contribution in [0, 0.1) is 0 Å². The van der Waals surface area contributed by atoms with Gasteiger partial charge in [0.25, 0.3) is 0 Å². The number of carbonyl (C=O) groups excluding carboxylic acids is 3. The maximum Gasteiger partial charge on any atom is 0.229 e. The highest BCUT2D eigenvalue weighted by Crippen LogP contribution is 2.30. The lowest BCUT2D eigenvalue weighted by atomic mass is 9.86. The zero-order valence-corrected chi connectivity index (χ0v) is 9.52. The van der Waals surface area contributed by atoms with Gasteiger partial charge in [0, 0.05) is 11.1 Å². The molecule has 18 heavy (non-hydrogen) atoms. The first-order chi connectivity index (χ1) is 8.61. The molecule has 1 heterocycles. The Balaban J connectivity index is 2.33. The average Bonchev–Trinajstić information content (AvgIpc) is 2.81. The van der Waals surface area contributed by atoms with Gasteiger partial charge in [-0.2, -0.15) is 0 Å². The van der Waals surface area contributed by atoms with Crippen molar-refractivity contribution in [2.45, 2.75) is 6.92 Å². The van der Waals surface area contributed by atoms with Crippen LogP contribution in [0.5, 0.6) is 0 Å². The minimum Gasteiger partial charge on any atom is -0.459 e. The van der Waals surface area contributed by atoms with Gasteiger partial charge in [0.15, 0.2) is 17.3 Å². The van der Waals surface area contributed by atoms with Crippen molar-refractivity contribution in [2.75, 3.05) is 0 Å². The van der Waals surface area contributed by atoms with Crippen LogP contribution >= 0.6 is 0 Å². The SMILES string of the molecule is CC(=O)c1coc2c1C(=O)c1ccccc1C2=O. The van der Waals surface area contributed by atoms with E-state index in [0.29, 0.717) is 11.1 Å². The van der Waals surface area contributed by atoms with E-state index < -0.39 is 0 Å². The summed E-state index contributed by atoms with van der Waals surface area (Å²) in [7, 11) is 0. The van der Waals surface area contributed by atoms with Crippen molar-refractivity contribution < 1.29 is 18.8 Å². The number of rotatable bonds is 1. The number of hydrogen-bond acceptors (Lipinski definition) is 4. The summed E-state index contributed by atoms with van der Waals surface area (Å²) < 4.78 is 5.10. The topological polar surface area (TPSA) is 64.3 Å². The average molecular weight is 240 g/mol. The predicted octanol–water partition coefficient (Wildman–Crippen LogP) is 2.26. The van der Waals surface area contributed by atoms with Crippen LogP contribution in [0.25, 0.3) is 0 Å². The summed E-state index contributed by atoms with van der Waals surface area (Å²) >= 11 is 0. The standard InChI is InChI=1S/C14H8O4/c1-7(15)10-6-18-14-11(10)12(16)8-4-2-3-5-9(8)13(14)17/h2-6H,1H3. The van der Waals surface area contributed by atoms with Crippen molar-refractivity contribution in [3.63, 3.8) is 0 Å². The van der Waals surface area contributed by atoms with Crippen LogP contribution in [0.15, 0.2) is 34.9 Å². The Morgan fingerprint density at radius 1 is 1.06 bits per heavy atom. The van der Waals surface area contributed by atoms with E-state index in [1.165, 1.54) is 13.2 Å². The summed E-state index contributed by atoms with van der Waals surface area (Å²) in [5.74, 6) is -1.02. The van der Waals surface area contributed by atoms with Crippen LogP contribution in [0.2, 0.25) is 0 Å². The molecule has 3 rings (SSSR count). The quantitative estimate of drug-likeness (QED) is 0.612. The molecule has 0 saturated heterocycles. The smallest absolute Gasteiger partial charge is 0.229 e. The van der Waals surface area contributed by atoms with Gasteiger partial charge in [-0.05, 0) is 6.92 Å². The van der Waals surface area contributed by atoms with Crippen molar-refractivity contribution in [3.05, 3.63) is 58.5 Å². The molecule has 0 atom stereocenters. The molecule has 2 aromatic rings. The van der Waals surface area contributed by atoms with Crippen LogP contribution in [-0.2, 0) is 0 Å². The Hall–Kier alpha value is -2.49. The molecule has 0 saturated carbocycles. The molecule has 4 nitrogen and oxygen atoms in total. The summed E-state index contributed by atoms with van der Waals surface area (Å²) in [6.45, 7) is 1.34. The molecule has 1 aliphatic rings. The zero-order chi connectivity index (χ0) is 12.9. The fraction of sp³-hybridized carbons (Fsp3) is 0.0714. The van der Waals surface area contributed by atoms with E-state index in [2.05, 4.69) is 0 Å². The van der Waals surface area contributed by atoms with Gasteiger partial charge in [0.2, 0.25) is 5.78 Å². The van der Waals surface area contributed by atoms with Crippen LogP contribution < -0.4 is 0 Å². The lowest BCUT2D eigenvalue weighted by Gasteiger charge is -2.13. The summed E-state index contributed by atoms with van der Waals surface area (Å²) in [5.41, 5.74) is 0.891. The second kappa shape index (κ2) is 3.50. The Labute approximate surface area is 102 Å². The van der Waals surface area contributed by atoms with E-state index in [4.69, 9.17) is 4.42 Å². The summed E-state index contributed by atoms with van der Waals surface area (Å²) in [4.78, 5) is 35.8. The number of hydrogen-bond donors (Lipinski definition) is 0.